The fourth-order valence-electron chi connectivity index (χ4n) is 1.27. The Labute approximate surface area is 97.5 Å². The molecule has 0 fully saturated rings. The number of nitrogens with zero attached hydrogens (tertiary/aromatic N) is 2. The van der Waals surface area contributed by atoms with Crippen LogP contribution in [0.4, 0.5) is 10.1 Å². The van der Waals surface area contributed by atoms with Crippen LogP contribution in [0.1, 0.15) is 16.2 Å². The van der Waals surface area contributed by atoms with Gasteiger partial charge in [0.15, 0.2) is 0 Å². The van der Waals surface area contributed by atoms with E-state index >= 15 is 0 Å². The average Bonchev–Trinajstić information content (AvgIpc) is 2.29. The lowest BCUT2D eigenvalue weighted by atomic mass is 10.3. The Hall–Kier alpha value is -2.30. The van der Waals surface area contributed by atoms with Crippen molar-refractivity contribution in [3.63, 3.8) is 0 Å². The highest BCUT2D eigenvalue weighted by atomic mass is 19.1. The number of carbonyl (C=O) groups excluding carboxylic acids is 1. The molecule has 1 heterocycles. The first-order valence-electron chi connectivity index (χ1n) is 5.01. The molecule has 0 radical (unpaired) electrons. The fourth-order valence-corrected chi connectivity index (χ4v) is 1.27. The fraction of sp³-hybridized carbons (Fsp3) is 0.0833. The number of nitrogens with one attached hydrogen (secondary N) is 1. The minimum absolute atomic E-state index is 0.194. The van der Waals surface area contributed by atoms with Gasteiger partial charge < -0.3 is 5.32 Å². The number of hydrogen-bond acceptors (Lipinski definition) is 3. The monoisotopic (exact) mass is 231 g/mol. The summed E-state index contributed by atoms with van der Waals surface area (Å²) in [4.78, 5) is 19.6. The van der Waals surface area contributed by atoms with Crippen LogP contribution < -0.4 is 5.32 Å². The van der Waals surface area contributed by atoms with E-state index in [0.29, 0.717) is 5.69 Å². The summed E-state index contributed by atoms with van der Waals surface area (Å²) in [5, 5.41) is 2.54. The van der Waals surface area contributed by atoms with Crippen molar-refractivity contribution in [2.45, 2.75) is 6.92 Å². The molecule has 1 aromatic heterocycles. The molecule has 4 nitrogen and oxygen atoms in total. The van der Waals surface area contributed by atoms with Gasteiger partial charge in [-0.15, -0.1) is 0 Å². The number of amides is 1. The Balaban J connectivity index is 2.14. The van der Waals surface area contributed by atoms with Gasteiger partial charge in [-0.2, -0.15) is 0 Å². The van der Waals surface area contributed by atoms with Gasteiger partial charge in [0.1, 0.15) is 11.5 Å². The first-order chi connectivity index (χ1) is 8.15. The van der Waals surface area contributed by atoms with E-state index in [0.717, 1.165) is 5.69 Å². The highest BCUT2D eigenvalue weighted by molar-refractivity contribution is 6.02. The zero-order chi connectivity index (χ0) is 12.3. The minimum atomic E-state index is -0.414. The molecule has 0 aliphatic carbocycles. The van der Waals surface area contributed by atoms with Gasteiger partial charge in [-0.1, -0.05) is 6.07 Å². The van der Waals surface area contributed by atoms with E-state index in [1.807, 2.05) is 0 Å². The van der Waals surface area contributed by atoms with Crippen LogP contribution in [-0.2, 0) is 0 Å². The Morgan fingerprint density at radius 1 is 1.29 bits per heavy atom. The predicted molar refractivity (Wildman–Crippen MR) is 61.1 cm³/mol. The van der Waals surface area contributed by atoms with E-state index in [4.69, 9.17) is 0 Å². The third-order valence-electron chi connectivity index (χ3n) is 2.10. The van der Waals surface area contributed by atoms with Gasteiger partial charge in [-0.25, -0.2) is 9.37 Å². The lowest BCUT2D eigenvalue weighted by molar-refractivity contribution is 0.102. The van der Waals surface area contributed by atoms with Crippen molar-refractivity contribution in [2.75, 3.05) is 5.32 Å². The molecular weight excluding hydrogens is 221 g/mol. The van der Waals surface area contributed by atoms with E-state index in [2.05, 4.69) is 15.3 Å². The molecule has 0 bridgehead atoms. The number of halogens is 1. The Morgan fingerprint density at radius 3 is 2.76 bits per heavy atom. The molecule has 0 unspecified atom stereocenters. The smallest absolute Gasteiger partial charge is 0.275 e. The first kappa shape index (κ1) is 11.2. The largest absolute Gasteiger partial charge is 0.321 e. The molecule has 2 rings (SSSR count). The number of carbonyl (C=O) groups is 1. The van der Waals surface area contributed by atoms with Gasteiger partial charge in [-0.3, -0.25) is 9.78 Å². The van der Waals surface area contributed by atoms with E-state index in [9.17, 15) is 9.18 Å². The number of aryl methyl sites for hydroxylation is 1. The van der Waals surface area contributed by atoms with Crippen LogP contribution in [0.2, 0.25) is 0 Å². The zero-order valence-corrected chi connectivity index (χ0v) is 9.14. The molecule has 0 atom stereocenters. The third-order valence-corrected chi connectivity index (χ3v) is 2.10. The molecule has 0 aliphatic heterocycles. The molecule has 1 aromatic carbocycles. The Bertz CT molecular complexity index is 540. The van der Waals surface area contributed by atoms with Gasteiger partial charge in [0.25, 0.3) is 5.91 Å². The summed E-state index contributed by atoms with van der Waals surface area (Å²) in [6.07, 6.45) is 2.88. The van der Waals surface area contributed by atoms with Crippen LogP contribution in [0, 0.1) is 12.7 Å². The lowest BCUT2D eigenvalue weighted by Crippen LogP contribution is -2.14. The van der Waals surface area contributed by atoms with Crippen LogP contribution in [-0.4, -0.2) is 15.9 Å². The van der Waals surface area contributed by atoms with Gasteiger partial charge in [0.05, 0.1) is 11.9 Å². The van der Waals surface area contributed by atoms with Crippen LogP contribution in [0.3, 0.4) is 0 Å². The standard InChI is InChI=1S/C12H10FN3O/c1-8-6-15-11(7-14-8)12(17)16-10-4-2-3-9(13)5-10/h2-7H,1H3,(H,16,17). The maximum absolute atomic E-state index is 12.9. The van der Waals surface area contributed by atoms with E-state index in [-0.39, 0.29) is 5.69 Å². The van der Waals surface area contributed by atoms with Crippen molar-refractivity contribution in [1.29, 1.82) is 0 Å². The summed E-state index contributed by atoms with van der Waals surface area (Å²) in [5.41, 5.74) is 1.31. The summed E-state index contributed by atoms with van der Waals surface area (Å²) in [6, 6.07) is 5.66. The van der Waals surface area contributed by atoms with E-state index < -0.39 is 11.7 Å². The molecular formula is C12H10FN3O. The van der Waals surface area contributed by atoms with Crippen molar-refractivity contribution in [1.82, 2.24) is 9.97 Å². The molecule has 2 aromatic rings. The first-order valence-corrected chi connectivity index (χ1v) is 5.01. The molecule has 1 amide bonds. The van der Waals surface area contributed by atoms with Gasteiger partial charge in [0, 0.05) is 11.9 Å². The quantitative estimate of drug-likeness (QED) is 0.861. The second-order valence-corrected chi connectivity index (χ2v) is 3.51. The number of benzene rings is 1. The van der Waals surface area contributed by atoms with Crippen molar-refractivity contribution in [3.05, 3.63) is 53.9 Å². The average molecular weight is 231 g/mol. The van der Waals surface area contributed by atoms with Gasteiger partial charge in [-0.05, 0) is 25.1 Å². The maximum Gasteiger partial charge on any atom is 0.275 e. The highest BCUT2D eigenvalue weighted by Gasteiger charge is 2.07. The van der Waals surface area contributed by atoms with Crippen LogP contribution in [0.15, 0.2) is 36.7 Å². The molecule has 0 saturated carbocycles. The van der Waals surface area contributed by atoms with Crippen molar-refractivity contribution < 1.29 is 9.18 Å². The van der Waals surface area contributed by atoms with Crippen LogP contribution in [0.25, 0.3) is 0 Å². The molecule has 0 saturated heterocycles. The molecule has 0 spiro atoms. The molecule has 17 heavy (non-hydrogen) atoms. The van der Waals surface area contributed by atoms with E-state index in [1.54, 1.807) is 13.0 Å². The summed E-state index contributed by atoms with van der Waals surface area (Å²) in [7, 11) is 0. The molecule has 5 heteroatoms. The number of anilines is 1. The van der Waals surface area contributed by atoms with Gasteiger partial charge >= 0.3 is 0 Å². The number of rotatable bonds is 2. The molecule has 86 valence electrons. The normalized spacial score (nSPS) is 10.0. The summed E-state index contributed by atoms with van der Waals surface area (Å²) < 4.78 is 12.9. The summed E-state index contributed by atoms with van der Waals surface area (Å²) in [6.45, 7) is 1.78. The van der Waals surface area contributed by atoms with Crippen molar-refractivity contribution >= 4 is 11.6 Å². The van der Waals surface area contributed by atoms with Crippen LogP contribution >= 0.6 is 0 Å². The third kappa shape index (κ3) is 2.84. The summed E-state index contributed by atoms with van der Waals surface area (Å²) in [5.74, 6) is -0.819. The Morgan fingerprint density at radius 2 is 2.12 bits per heavy atom. The van der Waals surface area contributed by atoms with Crippen LogP contribution in [0.5, 0.6) is 0 Å². The second-order valence-electron chi connectivity index (χ2n) is 3.51. The SMILES string of the molecule is Cc1cnc(C(=O)Nc2cccc(F)c2)cn1. The number of aromatic nitrogens is 2. The number of hydrogen-bond donors (Lipinski definition) is 1. The molecule has 1 N–H and O–H groups in total. The molecule has 0 aliphatic rings. The second kappa shape index (κ2) is 4.69. The van der Waals surface area contributed by atoms with E-state index in [1.165, 1.54) is 30.6 Å². The topological polar surface area (TPSA) is 54.9 Å². The minimum Gasteiger partial charge on any atom is -0.321 e. The predicted octanol–water partition coefficient (Wildman–Crippen LogP) is 2.18. The highest BCUT2D eigenvalue weighted by Crippen LogP contribution is 2.10. The Kier molecular flexibility index (Phi) is 3.09. The van der Waals surface area contributed by atoms with Crippen molar-refractivity contribution in [3.8, 4) is 0 Å². The zero-order valence-electron chi connectivity index (χ0n) is 9.14. The van der Waals surface area contributed by atoms with Crippen molar-refractivity contribution in [2.24, 2.45) is 0 Å². The maximum atomic E-state index is 12.9. The summed E-state index contributed by atoms with van der Waals surface area (Å²) >= 11 is 0. The lowest BCUT2D eigenvalue weighted by Gasteiger charge is -2.04. The van der Waals surface area contributed by atoms with Gasteiger partial charge in [0.2, 0.25) is 0 Å².